The third-order valence-corrected chi connectivity index (χ3v) is 2.95. The van der Waals surface area contributed by atoms with Crippen molar-refractivity contribution in [3.8, 4) is 0 Å². The normalized spacial score (nSPS) is 18.3. The molecule has 2 rings (SSSR count). The number of nitrogens with two attached hydrogens (primary N) is 1. The molecule has 0 aliphatic heterocycles. The highest BCUT2D eigenvalue weighted by atomic mass is 16.1. The summed E-state index contributed by atoms with van der Waals surface area (Å²) in [5, 5.41) is 6.77. The van der Waals surface area contributed by atoms with Crippen molar-refractivity contribution in [2.75, 3.05) is 5.32 Å². The fourth-order valence-corrected chi connectivity index (χ4v) is 1.81. The summed E-state index contributed by atoms with van der Waals surface area (Å²) in [6.07, 6.45) is 5.09. The number of amides is 1. The summed E-state index contributed by atoms with van der Waals surface area (Å²) in [5.41, 5.74) is 5.73. The largest absolute Gasteiger partial charge is 0.325 e. The zero-order valence-corrected chi connectivity index (χ0v) is 8.86. The maximum Gasteiger partial charge on any atom is 0.227 e. The molecule has 1 saturated carbocycles. The van der Waals surface area contributed by atoms with Gasteiger partial charge in [0.1, 0.15) is 5.82 Å². The average Bonchev–Trinajstić information content (AvgIpc) is 2.49. The molecule has 0 spiro atoms. The third-order valence-electron chi connectivity index (χ3n) is 2.95. The fraction of sp³-hybridized carbons (Fsp3) is 0.600. The summed E-state index contributed by atoms with van der Waals surface area (Å²) < 4.78 is 1.63. The lowest BCUT2D eigenvalue weighted by Gasteiger charge is -2.37. The summed E-state index contributed by atoms with van der Waals surface area (Å²) in [7, 11) is 1.79. The van der Waals surface area contributed by atoms with E-state index >= 15 is 0 Å². The van der Waals surface area contributed by atoms with Gasteiger partial charge in [0.25, 0.3) is 0 Å². The smallest absolute Gasteiger partial charge is 0.227 e. The number of nitrogens with zero attached hydrogens (tertiary/aromatic N) is 2. The van der Waals surface area contributed by atoms with Gasteiger partial charge in [0.05, 0.1) is 6.20 Å². The van der Waals surface area contributed by atoms with E-state index in [2.05, 4.69) is 10.4 Å². The van der Waals surface area contributed by atoms with Crippen molar-refractivity contribution in [2.24, 2.45) is 12.8 Å². The van der Waals surface area contributed by atoms with Crippen molar-refractivity contribution in [2.45, 2.75) is 31.2 Å². The molecule has 1 aliphatic carbocycles. The Kier molecular flexibility index (Phi) is 2.48. The molecule has 0 atom stereocenters. The molecule has 1 aliphatic rings. The average molecular weight is 208 g/mol. The molecule has 0 aromatic carbocycles. The molecule has 5 heteroatoms. The van der Waals surface area contributed by atoms with Gasteiger partial charge in [-0.3, -0.25) is 9.48 Å². The molecule has 0 bridgehead atoms. The molecule has 1 aromatic heterocycles. The molecule has 1 fully saturated rings. The number of hydrogen-bond donors (Lipinski definition) is 2. The Morgan fingerprint density at radius 2 is 2.47 bits per heavy atom. The van der Waals surface area contributed by atoms with Crippen LogP contribution in [0.25, 0.3) is 0 Å². The highest BCUT2D eigenvalue weighted by Gasteiger charge is 2.34. The topological polar surface area (TPSA) is 72.9 Å². The molecule has 82 valence electrons. The number of aryl methyl sites for hydroxylation is 1. The summed E-state index contributed by atoms with van der Waals surface area (Å²) in [4.78, 5) is 11.6. The third kappa shape index (κ3) is 2.18. The zero-order chi connectivity index (χ0) is 10.9. The first-order valence-corrected chi connectivity index (χ1v) is 5.16. The minimum absolute atomic E-state index is 0.0270. The highest BCUT2D eigenvalue weighted by molar-refractivity contribution is 5.90. The Balaban J connectivity index is 1.90. The Bertz CT molecular complexity index is 367. The number of hydrogen-bond acceptors (Lipinski definition) is 3. The number of nitrogens with one attached hydrogen (secondary N) is 1. The Labute approximate surface area is 88.6 Å². The Morgan fingerprint density at radius 1 is 1.73 bits per heavy atom. The van der Waals surface area contributed by atoms with Crippen LogP contribution >= 0.6 is 0 Å². The molecule has 0 saturated heterocycles. The van der Waals surface area contributed by atoms with Crippen molar-refractivity contribution in [3.63, 3.8) is 0 Å². The quantitative estimate of drug-likeness (QED) is 0.765. The minimum atomic E-state index is -0.261. The monoisotopic (exact) mass is 208 g/mol. The molecule has 15 heavy (non-hydrogen) atoms. The second-order valence-corrected chi connectivity index (χ2v) is 4.28. The van der Waals surface area contributed by atoms with E-state index < -0.39 is 0 Å². The van der Waals surface area contributed by atoms with E-state index in [0.29, 0.717) is 12.2 Å². The van der Waals surface area contributed by atoms with Crippen LogP contribution in [0.2, 0.25) is 0 Å². The van der Waals surface area contributed by atoms with Crippen molar-refractivity contribution in [1.82, 2.24) is 9.78 Å². The van der Waals surface area contributed by atoms with Gasteiger partial charge >= 0.3 is 0 Å². The van der Waals surface area contributed by atoms with Crippen LogP contribution in [0.15, 0.2) is 12.3 Å². The number of aromatic nitrogens is 2. The van der Waals surface area contributed by atoms with Crippen LogP contribution in [0, 0.1) is 0 Å². The maximum absolute atomic E-state index is 11.6. The van der Waals surface area contributed by atoms with Gasteiger partial charge < -0.3 is 11.1 Å². The lowest BCUT2D eigenvalue weighted by Crippen LogP contribution is -2.49. The van der Waals surface area contributed by atoms with Crippen molar-refractivity contribution < 1.29 is 4.79 Å². The molecular formula is C10H16N4O. The van der Waals surface area contributed by atoms with Gasteiger partial charge in [-0.05, 0) is 19.3 Å². The summed E-state index contributed by atoms with van der Waals surface area (Å²) >= 11 is 0. The molecule has 1 aromatic rings. The van der Waals surface area contributed by atoms with E-state index in [1.54, 1.807) is 24.0 Å². The maximum atomic E-state index is 11.6. The summed E-state index contributed by atoms with van der Waals surface area (Å²) in [6.45, 7) is 0. The molecular weight excluding hydrogens is 192 g/mol. The van der Waals surface area contributed by atoms with Crippen LogP contribution < -0.4 is 11.1 Å². The zero-order valence-electron chi connectivity index (χ0n) is 8.86. The first kappa shape index (κ1) is 10.2. The van der Waals surface area contributed by atoms with Gasteiger partial charge in [0.2, 0.25) is 5.91 Å². The van der Waals surface area contributed by atoms with Gasteiger partial charge in [-0.1, -0.05) is 0 Å². The van der Waals surface area contributed by atoms with Gasteiger partial charge in [0.15, 0.2) is 0 Å². The van der Waals surface area contributed by atoms with Crippen LogP contribution in [0.4, 0.5) is 5.82 Å². The lowest BCUT2D eigenvalue weighted by molar-refractivity contribution is -0.118. The van der Waals surface area contributed by atoms with E-state index in [1.807, 2.05) is 0 Å². The van der Waals surface area contributed by atoms with E-state index in [1.165, 1.54) is 0 Å². The summed E-state index contributed by atoms with van der Waals surface area (Å²) in [5.74, 6) is 0.684. The first-order valence-electron chi connectivity index (χ1n) is 5.16. The number of rotatable bonds is 3. The van der Waals surface area contributed by atoms with Crippen molar-refractivity contribution in [3.05, 3.63) is 12.3 Å². The second kappa shape index (κ2) is 3.66. The first-order chi connectivity index (χ1) is 7.09. The predicted octanol–water partition coefficient (Wildman–Crippen LogP) is 0.630. The van der Waals surface area contributed by atoms with Crippen LogP contribution in [0.1, 0.15) is 25.7 Å². The molecule has 0 radical (unpaired) electrons. The van der Waals surface area contributed by atoms with Crippen LogP contribution in [0.5, 0.6) is 0 Å². The van der Waals surface area contributed by atoms with Gasteiger partial charge in [-0.2, -0.15) is 5.10 Å². The second-order valence-electron chi connectivity index (χ2n) is 4.28. The van der Waals surface area contributed by atoms with Crippen molar-refractivity contribution in [1.29, 1.82) is 0 Å². The minimum Gasteiger partial charge on any atom is -0.325 e. The van der Waals surface area contributed by atoms with E-state index in [9.17, 15) is 4.79 Å². The molecule has 1 amide bonds. The number of anilines is 1. The Hall–Kier alpha value is -1.36. The van der Waals surface area contributed by atoms with Crippen molar-refractivity contribution >= 4 is 11.7 Å². The van der Waals surface area contributed by atoms with E-state index in [4.69, 9.17) is 5.73 Å². The number of carbonyl (C=O) groups excluding carboxylic acids is 1. The van der Waals surface area contributed by atoms with Gasteiger partial charge in [-0.15, -0.1) is 0 Å². The predicted molar refractivity (Wildman–Crippen MR) is 57.2 cm³/mol. The van der Waals surface area contributed by atoms with Crippen LogP contribution in [-0.4, -0.2) is 21.2 Å². The van der Waals surface area contributed by atoms with Gasteiger partial charge in [0, 0.05) is 25.1 Å². The lowest BCUT2D eigenvalue weighted by atomic mass is 9.75. The van der Waals surface area contributed by atoms with E-state index in [0.717, 1.165) is 19.3 Å². The van der Waals surface area contributed by atoms with E-state index in [-0.39, 0.29) is 11.4 Å². The fourth-order valence-electron chi connectivity index (χ4n) is 1.81. The van der Waals surface area contributed by atoms with Gasteiger partial charge in [-0.25, -0.2) is 0 Å². The standard InChI is InChI=1S/C10H16N4O/c1-14-8(3-6-12-14)13-9(15)7-10(11)4-2-5-10/h3,6H,2,4-5,7,11H2,1H3,(H,13,15). The molecule has 3 N–H and O–H groups in total. The number of carbonyl (C=O) groups is 1. The highest BCUT2D eigenvalue weighted by Crippen LogP contribution is 2.32. The molecule has 0 unspecified atom stereocenters. The SMILES string of the molecule is Cn1nccc1NC(=O)CC1(N)CCC1. The van der Waals surface area contributed by atoms with Crippen LogP contribution in [0.3, 0.4) is 0 Å². The Morgan fingerprint density at radius 3 is 2.93 bits per heavy atom. The molecule has 5 nitrogen and oxygen atoms in total. The summed E-state index contributed by atoms with van der Waals surface area (Å²) in [6, 6.07) is 1.77. The van der Waals surface area contributed by atoms with Crippen LogP contribution in [-0.2, 0) is 11.8 Å². The molecule has 1 heterocycles.